The minimum Gasteiger partial charge on any atom is -0.390 e. The standard InChI is InChI=1S/C6H11FO3S/c7-3-6(8)5-1-2-11(9,10)4-5/h5-6,8H,1-4H2. The summed E-state index contributed by atoms with van der Waals surface area (Å²) in [5.41, 5.74) is 0. The molecule has 66 valence electrons. The van der Waals surface area contributed by atoms with Gasteiger partial charge >= 0.3 is 0 Å². The van der Waals surface area contributed by atoms with Gasteiger partial charge in [-0.3, -0.25) is 0 Å². The van der Waals surface area contributed by atoms with Gasteiger partial charge in [-0.25, -0.2) is 12.8 Å². The van der Waals surface area contributed by atoms with Crippen LogP contribution in [-0.4, -0.2) is 37.8 Å². The van der Waals surface area contributed by atoms with E-state index in [1.165, 1.54) is 0 Å². The molecule has 2 atom stereocenters. The van der Waals surface area contributed by atoms with Crippen LogP contribution in [-0.2, 0) is 9.84 Å². The van der Waals surface area contributed by atoms with E-state index in [4.69, 9.17) is 5.11 Å². The molecule has 1 N–H and O–H groups in total. The number of sulfone groups is 1. The van der Waals surface area contributed by atoms with E-state index in [-0.39, 0.29) is 17.4 Å². The first-order valence-corrected chi connectivity index (χ1v) is 5.32. The van der Waals surface area contributed by atoms with Crippen LogP contribution < -0.4 is 0 Å². The van der Waals surface area contributed by atoms with E-state index in [1.54, 1.807) is 0 Å². The minimum atomic E-state index is -2.98. The second-order valence-corrected chi connectivity index (χ2v) is 5.11. The van der Waals surface area contributed by atoms with Crippen molar-refractivity contribution in [3.8, 4) is 0 Å². The van der Waals surface area contributed by atoms with Crippen molar-refractivity contribution in [3.63, 3.8) is 0 Å². The highest BCUT2D eigenvalue weighted by Gasteiger charge is 2.32. The van der Waals surface area contributed by atoms with Gasteiger partial charge in [-0.2, -0.15) is 0 Å². The normalized spacial score (nSPS) is 32.0. The molecule has 0 aromatic rings. The Labute approximate surface area is 65.1 Å². The summed E-state index contributed by atoms with van der Waals surface area (Å²) in [5.74, 6) is -0.350. The quantitative estimate of drug-likeness (QED) is 0.640. The molecule has 0 saturated carbocycles. The Balaban J connectivity index is 2.55. The molecule has 0 aliphatic carbocycles. The zero-order valence-electron chi connectivity index (χ0n) is 6.03. The van der Waals surface area contributed by atoms with Gasteiger partial charge in [0.05, 0.1) is 17.6 Å². The molecule has 1 heterocycles. The van der Waals surface area contributed by atoms with Crippen LogP contribution in [0.3, 0.4) is 0 Å². The van der Waals surface area contributed by atoms with E-state index in [0.717, 1.165) is 0 Å². The van der Waals surface area contributed by atoms with Crippen LogP contribution in [0.25, 0.3) is 0 Å². The molecule has 0 radical (unpaired) electrons. The van der Waals surface area contributed by atoms with E-state index in [1.807, 2.05) is 0 Å². The fourth-order valence-corrected chi connectivity index (χ4v) is 3.12. The monoisotopic (exact) mass is 182 g/mol. The van der Waals surface area contributed by atoms with Gasteiger partial charge in [0.1, 0.15) is 6.67 Å². The SMILES string of the molecule is O=S1(=O)CCC(C(O)CF)C1. The van der Waals surface area contributed by atoms with Gasteiger partial charge < -0.3 is 5.11 Å². The van der Waals surface area contributed by atoms with Crippen LogP contribution in [0.15, 0.2) is 0 Å². The highest BCUT2D eigenvalue weighted by Crippen LogP contribution is 2.21. The summed E-state index contributed by atoms with van der Waals surface area (Å²) in [6.45, 7) is -0.847. The van der Waals surface area contributed by atoms with Crippen LogP contribution in [0.1, 0.15) is 6.42 Å². The molecule has 1 fully saturated rings. The Morgan fingerprint density at radius 3 is 2.64 bits per heavy atom. The summed E-state index contributed by atoms with van der Waals surface area (Å²) >= 11 is 0. The highest BCUT2D eigenvalue weighted by atomic mass is 32.2. The summed E-state index contributed by atoms with van der Waals surface area (Å²) in [7, 11) is -2.98. The molecular weight excluding hydrogens is 171 g/mol. The molecular formula is C6H11FO3S. The molecule has 5 heteroatoms. The molecule has 0 spiro atoms. The number of alkyl halides is 1. The average Bonchev–Trinajstić information content (AvgIpc) is 2.29. The third-order valence-electron chi connectivity index (χ3n) is 1.97. The molecule has 1 aliphatic heterocycles. The van der Waals surface area contributed by atoms with E-state index in [9.17, 15) is 12.8 Å². The molecule has 11 heavy (non-hydrogen) atoms. The van der Waals surface area contributed by atoms with Crippen molar-refractivity contribution in [2.75, 3.05) is 18.2 Å². The molecule has 0 aromatic carbocycles. The van der Waals surface area contributed by atoms with E-state index in [0.29, 0.717) is 6.42 Å². The predicted octanol–water partition coefficient (Wildman–Crippen LogP) is -0.248. The van der Waals surface area contributed by atoms with E-state index >= 15 is 0 Å². The van der Waals surface area contributed by atoms with Crippen LogP contribution in [0.2, 0.25) is 0 Å². The first kappa shape index (κ1) is 8.93. The predicted molar refractivity (Wildman–Crippen MR) is 38.7 cm³/mol. The van der Waals surface area contributed by atoms with Gasteiger partial charge in [0.2, 0.25) is 0 Å². The lowest BCUT2D eigenvalue weighted by molar-refractivity contribution is 0.0913. The maximum atomic E-state index is 11.8. The Hall–Kier alpha value is -0.160. The number of halogens is 1. The van der Waals surface area contributed by atoms with Crippen molar-refractivity contribution in [2.45, 2.75) is 12.5 Å². The Bertz CT molecular complexity index is 224. The van der Waals surface area contributed by atoms with E-state index in [2.05, 4.69) is 0 Å². The van der Waals surface area contributed by atoms with Crippen LogP contribution in [0, 0.1) is 5.92 Å². The largest absolute Gasteiger partial charge is 0.390 e. The first-order valence-electron chi connectivity index (χ1n) is 3.49. The lowest BCUT2D eigenvalue weighted by Gasteiger charge is -2.11. The topological polar surface area (TPSA) is 54.4 Å². The molecule has 0 bridgehead atoms. The van der Waals surface area contributed by atoms with Crippen molar-refractivity contribution in [1.82, 2.24) is 0 Å². The Morgan fingerprint density at radius 2 is 2.27 bits per heavy atom. The zero-order valence-corrected chi connectivity index (χ0v) is 6.85. The van der Waals surface area contributed by atoms with Gasteiger partial charge in [0.15, 0.2) is 9.84 Å². The van der Waals surface area contributed by atoms with Gasteiger partial charge in [0.25, 0.3) is 0 Å². The summed E-state index contributed by atoms with van der Waals surface area (Å²) in [4.78, 5) is 0. The molecule has 1 saturated heterocycles. The number of aliphatic hydroxyl groups is 1. The van der Waals surface area contributed by atoms with Crippen molar-refractivity contribution < 1.29 is 17.9 Å². The molecule has 1 aliphatic rings. The summed E-state index contributed by atoms with van der Waals surface area (Å²) < 4.78 is 33.5. The molecule has 2 unspecified atom stereocenters. The second kappa shape index (κ2) is 3.06. The first-order chi connectivity index (χ1) is 5.05. The average molecular weight is 182 g/mol. The maximum Gasteiger partial charge on any atom is 0.150 e. The zero-order chi connectivity index (χ0) is 8.48. The Morgan fingerprint density at radius 1 is 1.64 bits per heavy atom. The number of hydrogen-bond acceptors (Lipinski definition) is 3. The smallest absolute Gasteiger partial charge is 0.150 e. The van der Waals surface area contributed by atoms with Gasteiger partial charge in [-0.05, 0) is 6.42 Å². The lowest BCUT2D eigenvalue weighted by Crippen LogP contribution is -2.23. The number of hydrogen-bond donors (Lipinski definition) is 1. The number of rotatable bonds is 2. The van der Waals surface area contributed by atoms with Crippen molar-refractivity contribution in [3.05, 3.63) is 0 Å². The summed E-state index contributed by atoms with van der Waals surface area (Å²) in [6.07, 6.45) is -0.694. The van der Waals surface area contributed by atoms with Gasteiger partial charge in [-0.1, -0.05) is 0 Å². The van der Waals surface area contributed by atoms with Crippen molar-refractivity contribution in [2.24, 2.45) is 5.92 Å². The molecule has 0 amide bonds. The lowest BCUT2D eigenvalue weighted by atomic mass is 10.0. The van der Waals surface area contributed by atoms with Gasteiger partial charge in [-0.15, -0.1) is 0 Å². The van der Waals surface area contributed by atoms with Crippen LogP contribution >= 0.6 is 0 Å². The molecule has 0 aromatic heterocycles. The van der Waals surface area contributed by atoms with E-state index < -0.39 is 22.6 Å². The third-order valence-corrected chi connectivity index (χ3v) is 3.76. The van der Waals surface area contributed by atoms with Crippen LogP contribution in [0.5, 0.6) is 0 Å². The third kappa shape index (κ3) is 2.13. The number of aliphatic hydroxyl groups excluding tert-OH is 1. The second-order valence-electron chi connectivity index (χ2n) is 2.88. The summed E-state index contributed by atoms with van der Waals surface area (Å²) in [6, 6.07) is 0. The fraction of sp³-hybridized carbons (Fsp3) is 1.00. The van der Waals surface area contributed by atoms with Crippen LogP contribution in [0.4, 0.5) is 4.39 Å². The fourth-order valence-electron chi connectivity index (χ4n) is 1.25. The molecule has 3 nitrogen and oxygen atoms in total. The van der Waals surface area contributed by atoms with Crippen molar-refractivity contribution in [1.29, 1.82) is 0 Å². The highest BCUT2D eigenvalue weighted by molar-refractivity contribution is 7.91. The van der Waals surface area contributed by atoms with Gasteiger partial charge in [0, 0.05) is 5.92 Å². The molecule has 1 rings (SSSR count). The minimum absolute atomic E-state index is 0.0575. The summed E-state index contributed by atoms with van der Waals surface area (Å²) in [5, 5.41) is 8.95. The van der Waals surface area contributed by atoms with Crippen molar-refractivity contribution >= 4 is 9.84 Å². The Kier molecular flexibility index (Phi) is 2.49. The maximum absolute atomic E-state index is 11.8.